The van der Waals surface area contributed by atoms with Gasteiger partial charge in [0.15, 0.2) is 0 Å². The summed E-state index contributed by atoms with van der Waals surface area (Å²) < 4.78 is 0. The van der Waals surface area contributed by atoms with Crippen LogP contribution in [0.4, 0.5) is 0 Å². The minimum absolute atomic E-state index is 0.211. The molecule has 4 aliphatic rings. The van der Waals surface area contributed by atoms with Gasteiger partial charge in [0, 0.05) is 11.1 Å². The van der Waals surface area contributed by atoms with Crippen LogP contribution in [0.1, 0.15) is 55.2 Å². The predicted molar refractivity (Wildman–Crippen MR) is 80.4 cm³/mol. The zero-order valence-electron chi connectivity index (χ0n) is 12.2. The van der Waals surface area contributed by atoms with Crippen LogP contribution in [0.2, 0.25) is 0 Å². The van der Waals surface area contributed by atoms with Crippen LogP contribution in [0.5, 0.6) is 5.75 Å². The summed E-state index contributed by atoms with van der Waals surface area (Å²) in [6.07, 6.45) is 9.33. The normalized spacial score (nSPS) is 38.1. The fourth-order valence-corrected chi connectivity index (χ4v) is 5.76. The molecule has 4 aliphatic carbocycles. The van der Waals surface area contributed by atoms with Gasteiger partial charge in [0.1, 0.15) is 5.75 Å². The van der Waals surface area contributed by atoms with Crippen LogP contribution in [0.25, 0.3) is 6.08 Å². The Hall–Kier alpha value is -1.24. The third-order valence-corrected chi connectivity index (χ3v) is 6.05. The molecule has 4 bridgehead atoms. The Balaban J connectivity index is 1.84. The van der Waals surface area contributed by atoms with E-state index < -0.39 is 0 Å². The maximum atomic E-state index is 10.6. The van der Waals surface area contributed by atoms with Gasteiger partial charge in [0.05, 0.1) is 0 Å². The Kier molecular flexibility index (Phi) is 2.58. The van der Waals surface area contributed by atoms with Crippen LogP contribution in [0, 0.1) is 31.3 Å². The Morgan fingerprint density at radius 3 is 2.15 bits per heavy atom. The van der Waals surface area contributed by atoms with E-state index in [9.17, 15) is 5.11 Å². The van der Waals surface area contributed by atoms with E-state index in [0.717, 1.165) is 23.3 Å². The molecule has 0 spiro atoms. The molecule has 4 fully saturated rings. The summed E-state index contributed by atoms with van der Waals surface area (Å²) in [6, 6.07) is 4.11. The molecule has 104 valence electrons. The number of rotatable bonds is 2. The average Bonchev–Trinajstić information content (AvgIpc) is 2.39. The van der Waals surface area contributed by atoms with E-state index in [2.05, 4.69) is 13.0 Å². The smallest absolute Gasteiger partial charge is 0.126 e. The molecule has 0 aliphatic heterocycles. The second kappa shape index (κ2) is 4.13. The molecule has 4 saturated carbocycles. The van der Waals surface area contributed by atoms with Gasteiger partial charge in [0.25, 0.3) is 0 Å². The van der Waals surface area contributed by atoms with E-state index in [4.69, 9.17) is 6.58 Å². The summed E-state index contributed by atoms with van der Waals surface area (Å²) in [5.41, 5.74) is 3.22. The Bertz CT molecular complexity index is 534. The van der Waals surface area contributed by atoms with Crippen molar-refractivity contribution in [3.8, 4) is 5.75 Å². The Morgan fingerprint density at radius 2 is 1.65 bits per heavy atom. The fraction of sp³-hybridized carbons (Fsp3) is 0.579. The number of phenols is 1. The van der Waals surface area contributed by atoms with Crippen molar-refractivity contribution in [2.45, 2.75) is 50.9 Å². The van der Waals surface area contributed by atoms with E-state index >= 15 is 0 Å². The highest BCUT2D eigenvalue weighted by Crippen LogP contribution is 2.62. The summed E-state index contributed by atoms with van der Waals surface area (Å²) in [7, 11) is 0. The van der Waals surface area contributed by atoms with Gasteiger partial charge in [-0.15, -0.1) is 0 Å². The summed E-state index contributed by atoms with van der Waals surface area (Å²) in [6.45, 7) is 9.61. The zero-order chi connectivity index (χ0) is 13.9. The van der Waals surface area contributed by atoms with Crippen LogP contribution in [0.15, 0.2) is 12.1 Å². The van der Waals surface area contributed by atoms with Gasteiger partial charge in [-0.2, -0.15) is 0 Å². The molecule has 1 N–H and O–H groups in total. The minimum Gasteiger partial charge on any atom is -0.507 e. The second-order valence-corrected chi connectivity index (χ2v) is 7.59. The number of aryl methyl sites for hydroxylation is 1. The highest BCUT2D eigenvalue weighted by Gasteiger charge is 2.52. The molecule has 1 nitrogen and oxygen atoms in total. The topological polar surface area (TPSA) is 20.2 Å². The SMILES string of the molecule is [C]=Cc1cc(C)cc(C23CC4CC(CC(C4)C2)C3)c1O. The second-order valence-electron chi connectivity index (χ2n) is 7.59. The van der Waals surface area contributed by atoms with Crippen molar-refractivity contribution in [3.63, 3.8) is 0 Å². The average molecular weight is 266 g/mol. The molecule has 0 aromatic heterocycles. The van der Waals surface area contributed by atoms with E-state index in [0.29, 0.717) is 11.3 Å². The molecule has 5 rings (SSSR count). The van der Waals surface area contributed by atoms with E-state index in [-0.39, 0.29) is 5.41 Å². The van der Waals surface area contributed by atoms with Crippen molar-refractivity contribution in [3.05, 3.63) is 35.4 Å². The van der Waals surface area contributed by atoms with Gasteiger partial charge in [-0.3, -0.25) is 0 Å². The highest BCUT2D eigenvalue weighted by atomic mass is 16.3. The summed E-state index contributed by atoms with van der Waals surface area (Å²) >= 11 is 0. The van der Waals surface area contributed by atoms with Gasteiger partial charge in [-0.1, -0.05) is 6.07 Å². The fourth-order valence-electron chi connectivity index (χ4n) is 5.76. The molecule has 1 aromatic carbocycles. The molecule has 0 unspecified atom stereocenters. The third-order valence-electron chi connectivity index (χ3n) is 6.05. The van der Waals surface area contributed by atoms with Crippen molar-refractivity contribution in [1.29, 1.82) is 0 Å². The van der Waals surface area contributed by atoms with Gasteiger partial charge >= 0.3 is 0 Å². The number of phenolic OH excluding ortho intramolecular Hbond substituents is 1. The lowest BCUT2D eigenvalue weighted by Gasteiger charge is -2.57. The van der Waals surface area contributed by atoms with Crippen molar-refractivity contribution >= 4 is 6.08 Å². The van der Waals surface area contributed by atoms with Crippen LogP contribution in [-0.2, 0) is 5.41 Å². The Labute approximate surface area is 121 Å². The maximum Gasteiger partial charge on any atom is 0.126 e. The van der Waals surface area contributed by atoms with Crippen molar-refractivity contribution < 1.29 is 5.11 Å². The molecule has 0 amide bonds. The molecule has 0 saturated heterocycles. The molecule has 20 heavy (non-hydrogen) atoms. The van der Waals surface area contributed by atoms with Gasteiger partial charge < -0.3 is 5.11 Å². The molecule has 0 atom stereocenters. The lowest BCUT2D eigenvalue weighted by atomic mass is 9.48. The number of aromatic hydroxyl groups is 1. The van der Waals surface area contributed by atoms with Crippen LogP contribution in [0.3, 0.4) is 0 Å². The molecule has 1 heteroatoms. The first-order valence-corrected chi connectivity index (χ1v) is 7.94. The monoisotopic (exact) mass is 266 g/mol. The Morgan fingerprint density at radius 1 is 1.10 bits per heavy atom. The predicted octanol–water partition coefficient (Wildman–Crippen LogP) is 4.49. The van der Waals surface area contributed by atoms with Gasteiger partial charge in [-0.25, -0.2) is 0 Å². The van der Waals surface area contributed by atoms with Crippen molar-refractivity contribution in [1.82, 2.24) is 0 Å². The van der Waals surface area contributed by atoms with Crippen molar-refractivity contribution in [2.75, 3.05) is 0 Å². The zero-order valence-corrected chi connectivity index (χ0v) is 12.2. The summed E-state index contributed by atoms with van der Waals surface area (Å²) in [5, 5.41) is 10.6. The van der Waals surface area contributed by atoms with E-state index in [1.807, 2.05) is 6.07 Å². The first-order chi connectivity index (χ1) is 9.59. The number of benzene rings is 1. The molecule has 1 aromatic rings. The molecular weight excluding hydrogens is 244 g/mol. The van der Waals surface area contributed by atoms with Crippen LogP contribution >= 0.6 is 0 Å². The third kappa shape index (κ3) is 1.68. The van der Waals surface area contributed by atoms with Crippen molar-refractivity contribution in [2.24, 2.45) is 17.8 Å². The first-order valence-electron chi connectivity index (χ1n) is 7.94. The van der Waals surface area contributed by atoms with Crippen LogP contribution in [-0.4, -0.2) is 5.11 Å². The van der Waals surface area contributed by atoms with E-state index in [1.54, 1.807) is 0 Å². The largest absolute Gasteiger partial charge is 0.507 e. The number of hydrogen-bond acceptors (Lipinski definition) is 1. The lowest BCUT2D eigenvalue weighted by Crippen LogP contribution is -2.48. The summed E-state index contributed by atoms with van der Waals surface area (Å²) in [5.74, 6) is 3.02. The maximum absolute atomic E-state index is 10.6. The molecule has 2 radical (unpaired) electrons. The summed E-state index contributed by atoms with van der Waals surface area (Å²) in [4.78, 5) is 0. The lowest BCUT2D eigenvalue weighted by molar-refractivity contribution is -0.00616. The van der Waals surface area contributed by atoms with E-state index in [1.165, 1.54) is 50.2 Å². The van der Waals surface area contributed by atoms with Gasteiger partial charge in [0.2, 0.25) is 0 Å². The molecular formula is C19H22O. The number of hydrogen-bond donors (Lipinski definition) is 1. The highest BCUT2D eigenvalue weighted by molar-refractivity contribution is 5.60. The standard InChI is InChI=1S/C19H22O/c1-3-16-4-12(2)5-17(18(16)20)19-9-13-6-14(10-19)8-15(7-13)11-19/h3-5,13-15,20H,6-11H2,2H3. The first kappa shape index (κ1) is 12.5. The van der Waals surface area contributed by atoms with Crippen LogP contribution < -0.4 is 0 Å². The van der Waals surface area contributed by atoms with Gasteiger partial charge in [-0.05, 0) is 92.9 Å². The molecule has 0 heterocycles. The minimum atomic E-state index is 0.211. The quantitative estimate of drug-likeness (QED) is 0.836.